The molecule has 2 rings (SSSR count). The largest absolute Gasteiger partial charge is 0.468 e. The molecule has 2 aliphatic carbocycles. The summed E-state index contributed by atoms with van der Waals surface area (Å²) in [6.07, 6.45) is 17.1. The normalized spacial score (nSPS) is 25.8. The molecule has 0 saturated heterocycles. The van der Waals surface area contributed by atoms with Gasteiger partial charge in [-0.05, 0) is 39.0 Å². The first kappa shape index (κ1) is 13.9. The maximum Gasteiger partial charge on any atom is 0.315 e. The molecule has 0 fully saturated rings. The van der Waals surface area contributed by atoms with Gasteiger partial charge in [0.25, 0.3) is 0 Å². The van der Waals surface area contributed by atoms with Crippen LogP contribution >= 0.6 is 0 Å². The number of esters is 1. The average Bonchev–Trinajstić information content (AvgIpc) is 2.46. The van der Waals surface area contributed by atoms with Crippen molar-refractivity contribution in [2.45, 2.75) is 39.0 Å². The van der Waals surface area contributed by atoms with Crippen LogP contribution in [0.4, 0.5) is 0 Å². The molecule has 0 spiro atoms. The highest BCUT2D eigenvalue weighted by Crippen LogP contribution is 2.37. The van der Waals surface area contributed by atoms with E-state index in [9.17, 15) is 4.79 Å². The van der Waals surface area contributed by atoms with E-state index in [0.29, 0.717) is 0 Å². The highest BCUT2D eigenvalue weighted by atomic mass is 16.5. The van der Waals surface area contributed by atoms with Crippen molar-refractivity contribution in [1.82, 2.24) is 0 Å². The summed E-state index contributed by atoms with van der Waals surface area (Å²) in [6, 6.07) is 0. The first-order valence-corrected chi connectivity index (χ1v) is 6.93. The van der Waals surface area contributed by atoms with Crippen molar-refractivity contribution in [2.24, 2.45) is 5.41 Å². The van der Waals surface area contributed by atoms with Gasteiger partial charge in [0, 0.05) is 0 Å². The minimum absolute atomic E-state index is 0.113. The zero-order chi connectivity index (χ0) is 13.7. The monoisotopic (exact) mass is 258 g/mol. The van der Waals surface area contributed by atoms with E-state index in [1.165, 1.54) is 18.3 Å². The molecule has 0 aliphatic heterocycles. The molecule has 0 N–H and O–H groups in total. The van der Waals surface area contributed by atoms with Crippen LogP contribution in [0.3, 0.4) is 0 Å². The summed E-state index contributed by atoms with van der Waals surface area (Å²) >= 11 is 0. The Morgan fingerprint density at radius 2 is 2.05 bits per heavy atom. The number of allylic oxidation sites excluding steroid dienone is 7. The molecule has 0 aromatic carbocycles. The van der Waals surface area contributed by atoms with Crippen LogP contribution in [-0.4, -0.2) is 13.1 Å². The van der Waals surface area contributed by atoms with E-state index in [1.807, 2.05) is 18.2 Å². The predicted molar refractivity (Wildman–Crippen MR) is 77.7 cm³/mol. The maximum absolute atomic E-state index is 12.1. The van der Waals surface area contributed by atoms with Gasteiger partial charge in [-0.25, -0.2) is 0 Å². The zero-order valence-corrected chi connectivity index (χ0v) is 11.8. The standard InChI is InChI=1S/C17H22O2/c1-14-8-4-5-9-15(14)10-13-17(16(18)19-2)11-6-3-7-12-17/h3-7,11H,8-10,12-13H2,1-2H3/t17-/m0/s1. The minimum Gasteiger partial charge on any atom is -0.468 e. The van der Waals surface area contributed by atoms with Crippen LogP contribution in [0, 0.1) is 5.41 Å². The number of carbonyl (C=O) groups is 1. The van der Waals surface area contributed by atoms with E-state index in [0.717, 1.165) is 32.1 Å². The second-order valence-corrected chi connectivity index (χ2v) is 5.40. The summed E-state index contributed by atoms with van der Waals surface area (Å²) in [5.41, 5.74) is 2.48. The van der Waals surface area contributed by atoms with Crippen molar-refractivity contribution in [3.63, 3.8) is 0 Å². The summed E-state index contributed by atoms with van der Waals surface area (Å²) in [7, 11) is 1.48. The summed E-state index contributed by atoms with van der Waals surface area (Å²) in [4.78, 5) is 12.1. The third-order valence-electron chi connectivity index (χ3n) is 4.17. The Kier molecular flexibility index (Phi) is 4.41. The molecule has 2 aliphatic rings. The first-order chi connectivity index (χ1) is 9.18. The molecule has 0 amide bonds. The number of hydrogen-bond acceptors (Lipinski definition) is 2. The van der Waals surface area contributed by atoms with Gasteiger partial charge in [0.1, 0.15) is 0 Å². The van der Waals surface area contributed by atoms with Gasteiger partial charge < -0.3 is 4.74 Å². The van der Waals surface area contributed by atoms with Crippen LogP contribution < -0.4 is 0 Å². The summed E-state index contributed by atoms with van der Waals surface area (Å²) in [6.45, 7) is 2.19. The zero-order valence-electron chi connectivity index (χ0n) is 11.8. The lowest BCUT2D eigenvalue weighted by Gasteiger charge is -2.29. The number of hydrogen-bond donors (Lipinski definition) is 0. The third-order valence-corrected chi connectivity index (χ3v) is 4.17. The summed E-state index contributed by atoms with van der Waals surface area (Å²) in [5, 5.41) is 0. The van der Waals surface area contributed by atoms with Crippen LogP contribution in [0.2, 0.25) is 0 Å². The second-order valence-electron chi connectivity index (χ2n) is 5.40. The molecular formula is C17H22O2. The van der Waals surface area contributed by atoms with E-state index in [-0.39, 0.29) is 5.97 Å². The summed E-state index contributed by atoms with van der Waals surface area (Å²) in [5.74, 6) is -0.113. The van der Waals surface area contributed by atoms with E-state index < -0.39 is 5.41 Å². The van der Waals surface area contributed by atoms with Gasteiger partial charge >= 0.3 is 5.97 Å². The van der Waals surface area contributed by atoms with Gasteiger partial charge in [-0.2, -0.15) is 0 Å². The molecule has 102 valence electrons. The van der Waals surface area contributed by atoms with Gasteiger partial charge in [-0.3, -0.25) is 4.79 Å². The van der Waals surface area contributed by atoms with Gasteiger partial charge in [0.2, 0.25) is 0 Å². The van der Waals surface area contributed by atoms with Crippen LogP contribution in [0.25, 0.3) is 0 Å². The van der Waals surface area contributed by atoms with Crippen LogP contribution in [0.5, 0.6) is 0 Å². The molecule has 0 aromatic rings. The molecule has 2 nitrogen and oxygen atoms in total. The molecule has 0 heterocycles. The second kappa shape index (κ2) is 6.05. The Balaban J connectivity index is 2.08. The Labute approximate surface area is 115 Å². The Morgan fingerprint density at radius 3 is 2.68 bits per heavy atom. The lowest BCUT2D eigenvalue weighted by Crippen LogP contribution is -2.31. The average molecular weight is 258 g/mol. The Hall–Kier alpha value is -1.57. The SMILES string of the molecule is COC(=O)[C@@]1(CCC2=C(C)CC=CC2)C=CC=CC1. The maximum atomic E-state index is 12.1. The van der Waals surface area contributed by atoms with Crippen molar-refractivity contribution < 1.29 is 9.53 Å². The Bertz CT molecular complexity index is 466. The number of carbonyl (C=O) groups excluding carboxylic acids is 1. The third kappa shape index (κ3) is 3.06. The topological polar surface area (TPSA) is 26.3 Å². The first-order valence-electron chi connectivity index (χ1n) is 6.93. The van der Waals surface area contributed by atoms with Gasteiger partial charge in [-0.1, -0.05) is 47.6 Å². The summed E-state index contributed by atoms with van der Waals surface area (Å²) < 4.78 is 5.01. The lowest BCUT2D eigenvalue weighted by molar-refractivity contribution is -0.150. The van der Waals surface area contributed by atoms with Gasteiger partial charge in [0.15, 0.2) is 0 Å². The van der Waals surface area contributed by atoms with E-state index in [1.54, 1.807) is 0 Å². The smallest absolute Gasteiger partial charge is 0.315 e. The van der Waals surface area contributed by atoms with Crippen molar-refractivity contribution in [3.8, 4) is 0 Å². The molecule has 0 bridgehead atoms. The minimum atomic E-state index is -0.460. The number of methoxy groups -OCH3 is 1. The van der Waals surface area contributed by atoms with Crippen molar-refractivity contribution in [3.05, 3.63) is 47.6 Å². The lowest BCUT2D eigenvalue weighted by atomic mass is 9.76. The number of ether oxygens (including phenoxy) is 1. The van der Waals surface area contributed by atoms with Crippen LogP contribution in [0.1, 0.15) is 39.0 Å². The molecule has 2 heteroatoms. The fourth-order valence-electron chi connectivity index (χ4n) is 2.80. The number of rotatable bonds is 4. The predicted octanol–water partition coefficient (Wildman–Crippen LogP) is 4.11. The molecular weight excluding hydrogens is 236 g/mol. The Morgan fingerprint density at radius 1 is 1.26 bits per heavy atom. The van der Waals surface area contributed by atoms with Crippen molar-refractivity contribution >= 4 is 5.97 Å². The van der Waals surface area contributed by atoms with Gasteiger partial charge in [0.05, 0.1) is 12.5 Å². The highest BCUT2D eigenvalue weighted by molar-refractivity contribution is 5.79. The van der Waals surface area contributed by atoms with Crippen molar-refractivity contribution in [1.29, 1.82) is 0 Å². The van der Waals surface area contributed by atoms with Gasteiger partial charge in [-0.15, -0.1) is 0 Å². The molecule has 19 heavy (non-hydrogen) atoms. The molecule has 0 radical (unpaired) electrons. The van der Waals surface area contributed by atoms with Crippen LogP contribution in [0.15, 0.2) is 47.6 Å². The molecule has 1 atom stereocenters. The highest BCUT2D eigenvalue weighted by Gasteiger charge is 2.36. The molecule has 0 aromatic heterocycles. The molecule has 0 unspecified atom stereocenters. The quantitative estimate of drug-likeness (QED) is 0.560. The van der Waals surface area contributed by atoms with Crippen LogP contribution in [-0.2, 0) is 9.53 Å². The molecule has 0 saturated carbocycles. The fraction of sp³-hybridized carbons (Fsp3) is 0.471. The van der Waals surface area contributed by atoms with E-state index in [4.69, 9.17) is 4.74 Å². The fourth-order valence-corrected chi connectivity index (χ4v) is 2.80. The van der Waals surface area contributed by atoms with E-state index in [2.05, 4.69) is 25.2 Å². The van der Waals surface area contributed by atoms with Crippen molar-refractivity contribution in [2.75, 3.05) is 7.11 Å². The van der Waals surface area contributed by atoms with E-state index >= 15 is 0 Å².